The molecule has 0 saturated carbocycles. The lowest BCUT2D eigenvalue weighted by Crippen LogP contribution is -2.13. The topological polar surface area (TPSA) is 38.1 Å². The molecule has 0 aromatic carbocycles. The number of aliphatic imine (C=N–C) groups is 1. The van der Waals surface area contributed by atoms with Gasteiger partial charge in [-0.3, -0.25) is 4.99 Å². The van der Waals surface area contributed by atoms with Crippen molar-refractivity contribution in [1.82, 2.24) is 10.2 Å². The standard InChI is InChI=1S/C13H13ClF3N3S/c1-4-6-10(21-5-2)11(18-3)9-7-8(13(15,16)17)12(14)20-19-9/h4,6-7H,1,5H2,2-3H3/b10-6+,18-11?. The summed E-state index contributed by atoms with van der Waals surface area (Å²) in [5.41, 5.74) is -0.700. The van der Waals surface area contributed by atoms with Crippen molar-refractivity contribution in [2.24, 2.45) is 4.99 Å². The summed E-state index contributed by atoms with van der Waals surface area (Å²) in [6, 6.07) is 0.852. The molecular formula is C13H13ClF3N3S. The predicted molar refractivity (Wildman–Crippen MR) is 80.9 cm³/mol. The summed E-state index contributed by atoms with van der Waals surface area (Å²) < 4.78 is 38.6. The normalized spacial score (nSPS) is 13.4. The van der Waals surface area contributed by atoms with Gasteiger partial charge >= 0.3 is 6.18 Å². The maximum atomic E-state index is 12.9. The van der Waals surface area contributed by atoms with E-state index in [1.165, 1.54) is 24.9 Å². The van der Waals surface area contributed by atoms with E-state index < -0.39 is 16.9 Å². The Hall–Kier alpha value is -1.34. The minimum absolute atomic E-state index is 0.0169. The second-order valence-electron chi connectivity index (χ2n) is 3.70. The molecule has 1 aromatic rings. The highest BCUT2D eigenvalue weighted by Crippen LogP contribution is 2.34. The highest BCUT2D eigenvalue weighted by Gasteiger charge is 2.35. The van der Waals surface area contributed by atoms with Crippen LogP contribution in [0.5, 0.6) is 0 Å². The first-order valence-corrected chi connectivity index (χ1v) is 7.25. The van der Waals surface area contributed by atoms with Crippen molar-refractivity contribution in [2.45, 2.75) is 13.1 Å². The molecule has 0 N–H and O–H groups in total. The second kappa shape index (κ2) is 7.61. The number of thioether (sulfide) groups is 1. The molecule has 0 amide bonds. The molecule has 8 heteroatoms. The van der Waals surface area contributed by atoms with Crippen molar-refractivity contribution in [3.05, 3.63) is 46.1 Å². The van der Waals surface area contributed by atoms with Crippen LogP contribution in [0.3, 0.4) is 0 Å². The Morgan fingerprint density at radius 1 is 1.48 bits per heavy atom. The first-order valence-electron chi connectivity index (χ1n) is 5.88. The molecule has 1 aromatic heterocycles. The summed E-state index contributed by atoms with van der Waals surface area (Å²) in [6.07, 6.45) is -1.39. The molecule has 0 unspecified atom stereocenters. The molecular weight excluding hydrogens is 323 g/mol. The van der Waals surface area contributed by atoms with E-state index in [-0.39, 0.29) is 5.69 Å². The Labute approximate surface area is 130 Å². The van der Waals surface area contributed by atoms with Crippen LogP contribution in [-0.2, 0) is 6.18 Å². The number of rotatable bonds is 5. The van der Waals surface area contributed by atoms with Crippen LogP contribution in [0.25, 0.3) is 0 Å². The number of halogens is 4. The Bertz CT molecular complexity index is 583. The molecule has 0 radical (unpaired) electrons. The largest absolute Gasteiger partial charge is 0.419 e. The summed E-state index contributed by atoms with van der Waals surface area (Å²) in [4.78, 5) is 4.68. The average molecular weight is 336 g/mol. The summed E-state index contributed by atoms with van der Waals surface area (Å²) in [6.45, 7) is 5.50. The monoisotopic (exact) mass is 335 g/mol. The third kappa shape index (κ3) is 4.57. The number of allylic oxidation sites excluding steroid dienone is 3. The maximum Gasteiger partial charge on any atom is 0.419 e. The molecule has 0 spiro atoms. The molecule has 0 atom stereocenters. The first-order chi connectivity index (χ1) is 9.85. The number of nitrogens with zero attached hydrogens (tertiary/aromatic N) is 3. The van der Waals surface area contributed by atoms with Gasteiger partial charge in [0.25, 0.3) is 0 Å². The molecule has 0 aliphatic rings. The third-order valence-corrected chi connectivity index (χ3v) is 3.53. The fourth-order valence-corrected chi connectivity index (χ4v) is 2.54. The SMILES string of the molecule is C=C/C=C(/SCC)C(=NC)c1cc(C(F)(F)F)c(Cl)nn1. The average Bonchev–Trinajstić information content (AvgIpc) is 2.40. The van der Waals surface area contributed by atoms with Crippen molar-refractivity contribution in [3.63, 3.8) is 0 Å². The molecule has 0 aliphatic heterocycles. The van der Waals surface area contributed by atoms with Crippen LogP contribution in [0.1, 0.15) is 18.2 Å². The van der Waals surface area contributed by atoms with Crippen LogP contribution in [0.15, 0.2) is 34.7 Å². The summed E-state index contributed by atoms with van der Waals surface area (Å²) in [5, 5.41) is 6.40. The van der Waals surface area contributed by atoms with E-state index in [9.17, 15) is 13.2 Å². The summed E-state index contributed by atoms with van der Waals surface area (Å²) >= 11 is 6.88. The number of hydrogen-bond donors (Lipinski definition) is 0. The fraction of sp³-hybridized carbons (Fsp3) is 0.308. The van der Waals surface area contributed by atoms with Gasteiger partial charge in [0.05, 0.1) is 11.3 Å². The van der Waals surface area contributed by atoms with E-state index >= 15 is 0 Å². The quantitative estimate of drug-likeness (QED) is 0.591. The highest BCUT2D eigenvalue weighted by atomic mass is 35.5. The first kappa shape index (κ1) is 17.7. The van der Waals surface area contributed by atoms with Gasteiger partial charge in [0.1, 0.15) is 5.69 Å². The van der Waals surface area contributed by atoms with Gasteiger partial charge in [-0.25, -0.2) is 0 Å². The van der Waals surface area contributed by atoms with Crippen LogP contribution >= 0.6 is 23.4 Å². The Morgan fingerprint density at radius 2 is 2.14 bits per heavy atom. The summed E-state index contributed by atoms with van der Waals surface area (Å²) in [7, 11) is 1.48. The van der Waals surface area contributed by atoms with Gasteiger partial charge in [-0.15, -0.1) is 22.0 Å². The van der Waals surface area contributed by atoms with Gasteiger partial charge in [-0.05, 0) is 17.9 Å². The Kier molecular flexibility index (Phi) is 6.42. The lowest BCUT2D eigenvalue weighted by molar-refractivity contribution is -0.137. The van der Waals surface area contributed by atoms with E-state index in [1.54, 1.807) is 6.08 Å². The van der Waals surface area contributed by atoms with Gasteiger partial charge in [-0.2, -0.15) is 13.2 Å². The molecule has 21 heavy (non-hydrogen) atoms. The van der Waals surface area contributed by atoms with E-state index in [1.807, 2.05) is 6.92 Å². The number of aromatic nitrogens is 2. The van der Waals surface area contributed by atoms with E-state index in [2.05, 4.69) is 21.8 Å². The Morgan fingerprint density at radius 3 is 2.62 bits per heavy atom. The molecule has 114 valence electrons. The number of hydrogen-bond acceptors (Lipinski definition) is 4. The smallest absolute Gasteiger partial charge is 0.285 e. The molecule has 3 nitrogen and oxygen atoms in total. The highest BCUT2D eigenvalue weighted by molar-refractivity contribution is 8.04. The molecule has 1 rings (SSSR count). The second-order valence-corrected chi connectivity index (χ2v) is 5.37. The molecule has 1 heterocycles. The zero-order valence-corrected chi connectivity index (χ0v) is 13.0. The lowest BCUT2D eigenvalue weighted by atomic mass is 10.2. The van der Waals surface area contributed by atoms with Gasteiger partial charge in [0.2, 0.25) is 0 Å². The fourth-order valence-electron chi connectivity index (χ4n) is 1.50. The lowest BCUT2D eigenvalue weighted by Gasteiger charge is -2.12. The summed E-state index contributed by atoms with van der Waals surface area (Å²) in [5.74, 6) is 0.728. The minimum Gasteiger partial charge on any atom is -0.285 e. The zero-order valence-electron chi connectivity index (χ0n) is 11.4. The van der Waals surface area contributed by atoms with E-state index in [0.29, 0.717) is 10.6 Å². The van der Waals surface area contributed by atoms with Crippen LogP contribution in [-0.4, -0.2) is 28.7 Å². The molecule has 0 fully saturated rings. The van der Waals surface area contributed by atoms with E-state index in [4.69, 9.17) is 11.6 Å². The van der Waals surface area contributed by atoms with E-state index in [0.717, 1.165) is 11.8 Å². The third-order valence-electron chi connectivity index (χ3n) is 2.32. The van der Waals surface area contributed by atoms with Crippen molar-refractivity contribution >= 4 is 29.1 Å². The molecule has 0 saturated heterocycles. The molecule has 0 bridgehead atoms. The number of alkyl halides is 3. The Balaban J connectivity index is 3.37. The van der Waals surface area contributed by atoms with Crippen molar-refractivity contribution in [1.29, 1.82) is 0 Å². The van der Waals surface area contributed by atoms with Crippen molar-refractivity contribution < 1.29 is 13.2 Å². The molecule has 0 aliphatic carbocycles. The van der Waals surface area contributed by atoms with Crippen molar-refractivity contribution in [2.75, 3.05) is 12.8 Å². The van der Waals surface area contributed by atoms with Crippen LogP contribution in [0.4, 0.5) is 13.2 Å². The van der Waals surface area contributed by atoms with Gasteiger partial charge in [0, 0.05) is 12.0 Å². The van der Waals surface area contributed by atoms with Crippen LogP contribution in [0.2, 0.25) is 5.15 Å². The van der Waals surface area contributed by atoms with Crippen LogP contribution < -0.4 is 0 Å². The van der Waals surface area contributed by atoms with Gasteiger partial charge in [-0.1, -0.05) is 31.2 Å². The minimum atomic E-state index is -4.60. The zero-order chi connectivity index (χ0) is 16.0. The predicted octanol–water partition coefficient (Wildman–Crippen LogP) is 4.39. The van der Waals surface area contributed by atoms with Crippen molar-refractivity contribution in [3.8, 4) is 0 Å². The maximum absolute atomic E-state index is 12.9. The van der Waals surface area contributed by atoms with Crippen LogP contribution in [0, 0.1) is 0 Å². The van der Waals surface area contributed by atoms with Gasteiger partial charge < -0.3 is 0 Å². The van der Waals surface area contributed by atoms with Gasteiger partial charge in [0.15, 0.2) is 5.15 Å².